The first kappa shape index (κ1) is 8.92. The second kappa shape index (κ2) is 4.66. The van der Waals surface area contributed by atoms with E-state index in [9.17, 15) is 0 Å². The fraction of sp³-hybridized carbons (Fsp3) is 0.600. The van der Waals surface area contributed by atoms with Crippen molar-refractivity contribution < 1.29 is 0 Å². The van der Waals surface area contributed by atoms with Gasteiger partial charge in [0.2, 0.25) is 0 Å². The van der Waals surface area contributed by atoms with E-state index in [1.807, 2.05) is 0 Å². The van der Waals surface area contributed by atoms with Gasteiger partial charge >= 0.3 is 0 Å². The maximum atomic E-state index is 2.33. The topological polar surface area (TPSA) is 0 Å². The molecule has 1 aliphatic rings. The Morgan fingerprint density at radius 1 is 1.64 bits per heavy atom. The molecule has 0 saturated carbocycles. The molecule has 62 valence electrons. The summed E-state index contributed by atoms with van der Waals surface area (Å²) in [5.41, 5.74) is 1.52. The average Bonchev–Trinajstić information content (AvgIpc) is 2.52. The van der Waals surface area contributed by atoms with Crippen LogP contribution in [0.2, 0.25) is 0 Å². The summed E-state index contributed by atoms with van der Waals surface area (Å²) in [5.74, 6) is 1.28. The maximum Gasteiger partial charge on any atom is 0.0265 e. The molecule has 0 heterocycles. The molecular weight excluding hydrogens is 152 g/mol. The Kier molecular flexibility index (Phi) is 3.78. The predicted octanol–water partition coefficient (Wildman–Crippen LogP) is 3.40. The quantitative estimate of drug-likeness (QED) is 0.620. The minimum absolute atomic E-state index is 0.702. The van der Waals surface area contributed by atoms with Crippen molar-refractivity contribution >= 4 is 11.8 Å². The Morgan fingerprint density at radius 3 is 3.00 bits per heavy atom. The normalized spacial score (nSPS) is 18.5. The Morgan fingerprint density at radius 2 is 2.45 bits per heavy atom. The van der Waals surface area contributed by atoms with Crippen LogP contribution in [0, 0.1) is 0 Å². The van der Waals surface area contributed by atoms with Crippen LogP contribution in [-0.2, 0) is 0 Å². The summed E-state index contributed by atoms with van der Waals surface area (Å²) in [5, 5.41) is 0.702. The van der Waals surface area contributed by atoms with Crippen LogP contribution in [-0.4, -0.2) is 11.0 Å². The fourth-order valence-corrected chi connectivity index (χ4v) is 2.13. The molecule has 0 spiro atoms. The zero-order valence-corrected chi connectivity index (χ0v) is 8.16. The maximum absolute atomic E-state index is 2.33. The van der Waals surface area contributed by atoms with Gasteiger partial charge in [-0.2, -0.15) is 11.8 Å². The van der Waals surface area contributed by atoms with Gasteiger partial charge in [0.05, 0.1) is 0 Å². The van der Waals surface area contributed by atoms with Gasteiger partial charge in [-0.15, -0.1) is 0 Å². The standard InChI is InChI=1S/C10H16S/c1-3-8-11-9(2)10-6-4-5-7-10/h4,6-7,9H,3,5,8H2,1-2H3. The van der Waals surface area contributed by atoms with E-state index < -0.39 is 0 Å². The zero-order valence-electron chi connectivity index (χ0n) is 7.34. The average molecular weight is 168 g/mol. The van der Waals surface area contributed by atoms with Gasteiger partial charge < -0.3 is 0 Å². The molecule has 0 N–H and O–H groups in total. The van der Waals surface area contributed by atoms with E-state index in [-0.39, 0.29) is 0 Å². The first-order valence-corrected chi connectivity index (χ1v) is 5.37. The number of hydrogen-bond donors (Lipinski definition) is 0. The van der Waals surface area contributed by atoms with Gasteiger partial charge in [-0.3, -0.25) is 0 Å². The molecule has 0 amide bonds. The number of allylic oxidation sites excluding steroid dienone is 3. The molecule has 1 aliphatic carbocycles. The summed E-state index contributed by atoms with van der Waals surface area (Å²) in [7, 11) is 0. The second-order valence-corrected chi connectivity index (χ2v) is 4.30. The molecule has 0 radical (unpaired) electrons. The van der Waals surface area contributed by atoms with Crippen LogP contribution in [0.1, 0.15) is 26.7 Å². The minimum Gasteiger partial charge on any atom is -0.154 e. The van der Waals surface area contributed by atoms with E-state index in [1.54, 1.807) is 0 Å². The number of thioether (sulfide) groups is 1. The summed E-state index contributed by atoms with van der Waals surface area (Å²) in [4.78, 5) is 0. The lowest BCUT2D eigenvalue weighted by atomic mass is 10.2. The van der Waals surface area contributed by atoms with Gasteiger partial charge in [0.15, 0.2) is 0 Å². The van der Waals surface area contributed by atoms with Crippen LogP contribution in [0.3, 0.4) is 0 Å². The fourth-order valence-electron chi connectivity index (χ4n) is 1.17. The Labute approximate surface area is 73.8 Å². The van der Waals surface area contributed by atoms with Crippen molar-refractivity contribution in [2.45, 2.75) is 31.9 Å². The lowest BCUT2D eigenvalue weighted by Crippen LogP contribution is -1.98. The van der Waals surface area contributed by atoms with Crippen molar-refractivity contribution in [1.82, 2.24) is 0 Å². The first-order chi connectivity index (χ1) is 5.34. The number of hydrogen-bond acceptors (Lipinski definition) is 1. The Balaban J connectivity index is 2.29. The summed E-state index contributed by atoms with van der Waals surface area (Å²) in [6.45, 7) is 4.53. The summed E-state index contributed by atoms with van der Waals surface area (Å²) in [6, 6.07) is 0. The highest BCUT2D eigenvalue weighted by Crippen LogP contribution is 2.23. The smallest absolute Gasteiger partial charge is 0.0265 e. The summed E-state index contributed by atoms with van der Waals surface area (Å²) < 4.78 is 0. The Hall–Kier alpha value is -0.170. The highest BCUT2D eigenvalue weighted by atomic mass is 32.2. The SMILES string of the molecule is CCCSC(C)C1=CCC=C1. The molecule has 0 aromatic heterocycles. The number of rotatable bonds is 4. The van der Waals surface area contributed by atoms with Crippen molar-refractivity contribution in [1.29, 1.82) is 0 Å². The minimum atomic E-state index is 0.702. The molecule has 0 aromatic carbocycles. The third-order valence-corrected chi connectivity index (χ3v) is 3.26. The van der Waals surface area contributed by atoms with E-state index in [1.165, 1.54) is 17.7 Å². The molecule has 0 fully saturated rings. The monoisotopic (exact) mass is 168 g/mol. The third kappa shape index (κ3) is 2.74. The van der Waals surface area contributed by atoms with Crippen LogP contribution in [0.5, 0.6) is 0 Å². The van der Waals surface area contributed by atoms with Crippen molar-refractivity contribution in [3.8, 4) is 0 Å². The van der Waals surface area contributed by atoms with Gasteiger partial charge in [0.1, 0.15) is 0 Å². The highest BCUT2D eigenvalue weighted by Gasteiger charge is 2.07. The summed E-state index contributed by atoms with van der Waals surface area (Å²) >= 11 is 2.05. The third-order valence-electron chi connectivity index (χ3n) is 1.84. The van der Waals surface area contributed by atoms with Gasteiger partial charge in [-0.1, -0.05) is 25.2 Å². The van der Waals surface area contributed by atoms with E-state index in [2.05, 4.69) is 43.8 Å². The lowest BCUT2D eigenvalue weighted by Gasteiger charge is -2.09. The molecule has 1 atom stereocenters. The van der Waals surface area contributed by atoms with Crippen molar-refractivity contribution in [2.24, 2.45) is 0 Å². The van der Waals surface area contributed by atoms with Crippen LogP contribution < -0.4 is 0 Å². The van der Waals surface area contributed by atoms with E-state index in [0.29, 0.717) is 5.25 Å². The van der Waals surface area contributed by atoms with Gasteiger partial charge in [-0.05, 0) is 31.1 Å². The Bertz CT molecular complexity index is 168. The van der Waals surface area contributed by atoms with Gasteiger partial charge in [0, 0.05) is 5.25 Å². The molecule has 1 rings (SSSR count). The second-order valence-electron chi connectivity index (χ2n) is 2.86. The van der Waals surface area contributed by atoms with Crippen molar-refractivity contribution in [3.63, 3.8) is 0 Å². The lowest BCUT2D eigenvalue weighted by molar-refractivity contribution is 1.09. The molecule has 0 nitrogen and oxygen atoms in total. The molecule has 11 heavy (non-hydrogen) atoms. The van der Waals surface area contributed by atoms with E-state index in [4.69, 9.17) is 0 Å². The highest BCUT2D eigenvalue weighted by molar-refractivity contribution is 8.00. The van der Waals surface area contributed by atoms with Crippen molar-refractivity contribution in [2.75, 3.05) is 5.75 Å². The zero-order chi connectivity index (χ0) is 8.10. The van der Waals surface area contributed by atoms with E-state index in [0.717, 1.165) is 6.42 Å². The van der Waals surface area contributed by atoms with Crippen LogP contribution in [0.4, 0.5) is 0 Å². The van der Waals surface area contributed by atoms with Crippen LogP contribution >= 0.6 is 11.8 Å². The molecular formula is C10H16S. The molecule has 0 saturated heterocycles. The molecule has 1 heteroatoms. The first-order valence-electron chi connectivity index (χ1n) is 4.32. The van der Waals surface area contributed by atoms with Crippen LogP contribution in [0.25, 0.3) is 0 Å². The largest absolute Gasteiger partial charge is 0.154 e. The molecule has 0 aliphatic heterocycles. The molecule has 0 bridgehead atoms. The summed E-state index contributed by atoms with van der Waals surface area (Å²) in [6.07, 6.45) is 9.25. The van der Waals surface area contributed by atoms with Crippen molar-refractivity contribution in [3.05, 3.63) is 23.8 Å². The predicted molar refractivity (Wildman–Crippen MR) is 54.1 cm³/mol. The van der Waals surface area contributed by atoms with Gasteiger partial charge in [0.25, 0.3) is 0 Å². The molecule has 0 aromatic rings. The van der Waals surface area contributed by atoms with E-state index >= 15 is 0 Å². The van der Waals surface area contributed by atoms with Crippen LogP contribution in [0.15, 0.2) is 23.8 Å². The van der Waals surface area contributed by atoms with Gasteiger partial charge in [-0.25, -0.2) is 0 Å². The molecule has 1 unspecified atom stereocenters.